The average molecular weight is 152 g/mol. The maximum absolute atomic E-state index is 8.03. The Labute approximate surface area is 66.4 Å². The molecule has 2 nitrogen and oxygen atoms in total. The summed E-state index contributed by atoms with van der Waals surface area (Å²) >= 11 is 0. The van der Waals surface area contributed by atoms with E-state index < -0.39 is 0 Å². The topological polar surface area (TPSA) is 29.5 Å². The van der Waals surface area contributed by atoms with Crippen LogP contribution in [0.5, 0.6) is 0 Å². The van der Waals surface area contributed by atoms with E-state index in [4.69, 9.17) is 5.26 Å². The van der Waals surface area contributed by atoms with Crippen LogP contribution in [-0.4, -0.2) is 5.26 Å². The third kappa shape index (κ3) is 2.60. The fourth-order valence-electron chi connectivity index (χ4n) is 1.16. The smallest absolute Gasteiger partial charge is 0.129 e. The van der Waals surface area contributed by atoms with Gasteiger partial charge in [0.25, 0.3) is 0 Å². The highest BCUT2D eigenvalue weighted by Gasteiger charge is 2.03. The second kappa shape index (κ2) is 3.98. The molecule has 0 bridgehead atoms. The maximum atomic E-state index is 8.03. The Hall–Kier alpha value is -1.02. The summed E-state index contributed by atoms with van der Waals surface area (Å²) in [6.45, 7) is 3.89. The minimum atomic E-state index is 0.903. The molecule has 0 heterocycles. The van der Waals surface area contributed by atoms with Gasteiger partial charge >= 0.3 is 0 Å². The minimum Gasteiger partial charge on any atom is -0.348 e. The predicted octanol–water partition coefficient (Wildman–Crippen LogP) is 2.66. The van der Waals surface area contributed by atoms with Gasteiger partial charge in [-0.3, -0.25) is 0 Å². The van der Waals surface area contributed by atoms with Crippen LogP contribution in [0.1, 0.15) is 19.3 Å². The van der Waals surface area contributed by atoms with Crippen molar-refractivity contribution in [1.82, 2.24) is 0 Å². The molecule has 1 aliphatic rings. The first kappa shape index (κ1) is 8.08. The van der Waals surface area contributed by atoms with E-state index in [0.717, 1.165) is 24.8 Å². The van der Waals surface area contributed by atoms with E-state index in [1.165, 1.54) is 11.8 Å². The van der Waals surface area contributed by atoms with Crippen LogP contribution < -0.4 is 0 Å². The monoisotopic (exact) mass is 152 g/mol. The van der Waals surface area contributed by atoms with Gasteiger partial charge in [-0.2, -0.15) is 0 Å². The van der Waals surface area contributed by atoms with Crippen molar-refractivity contribution in [3.8, 4) is 0 Å². The summed E-state index contributed by atoms with van der Waals surface area (Å²) in [5.41, 5.74) is 2.40. The Bertz CT molecular complexity index is 202. The van der Waals surface area contributed by atoms with Crippen LogP contribution in [-0.2, 0) is 4.89 Å². The van der Waals surface area contributed by atoms with Crippen LogP contribution in [0.15, 0.2) is 36.1 Å². The van der Waals surface area contributed by atoms with Crippen molar-refractivity contribution in [3.05, 3.63) is 36.1 Å². The molecule has 0 aromatic rings. The van der Waals surface area contributed by atoms with Gasteiger partial charge in [-0.15, -0.1) is 0 Å². The zero-order valence-electron chi connectivity index (χ0n) is 6.42. The standard InChI is InChI=1S/C9H12O2/c1-8-3-2-4-9(7-8)5-6-11-10/h4-6,10H,1-3,7H2/b6-5+. The number of hydrogen-bond acceptors (Lipinski definition) is 2. The van der Waals surface area contributed by atoms with E-state index >= 15 is 0 Å². The van der Waals surface area contributed by atoms with E-state index in [-0.39, 0.29) is 0 Å². The molecule has 0 aromatic heterocycles. The molecule has 2 heteroatoms. The van der Waals surface area contributed by atoms with E-state index in [0.29, 0.717) is 0 Å². The van der Waals surface area contributed by atoms with Crippen molar-refractivity contribution in [2.75, 3.05) is 0 Å². The van der Waals surface area contributed by atoms with Crippen LogP contribution in [0.2, 0.25) is 0 Å². The van der Waals surface area contributed by atoms with E-state index in [1.807, 2.05) is 0 Å². The SMILES string of the molecule is C=C1CCC=C(/C=C/OO)C1. The summed E-state index contributed by atoms with van der Waals surface area (Å²) < 4.78 is 0. The maximum Gasteiger partial charge on any atom is 0.129 e. The zero-order valence-corrected chi connectivity index (χ0v) is 6.42. The van der Waals surface area contributed by atoms with Gasteiger partial charge in [0, 0.05) is 0 Å². The quantitative estimate of drug-likeness (QED) is 0.285. The summed E-state index contributed by atoms with van der Waals surface area (Å²) in [7, 11) is 0. The Morgan fingerprint density at radius 2 is 2.45 bits per heavy atom. The van der Waals surface area contributed by atoms with E-state index in [1.54, 1.807) is 6.08 Å². The second-order valence-electron chi connectivity index (χ2n) is 2.65. The molecule has 0 radical (unpaired) electrons. The molecule has 0 amide bonds. The lowest BCUT2D eigenvalue weighted by Gasteiger charge is -2.10. The van der Waals surface area contributed by atoms with Gasteiger partial charge in [-0.1, -0.05) is 18.2 Å². The number of rotatable bonds is 2. The van der Waals surface area contributed by atoms with E-state index in [9.17, 15) is 0 Å². The van der Waals surface area contributed by atoms with Crippen LogP contribution >= 0.6 is 0 Å². The van der Waals surface area contributed by atoms with Gasteiger partial charge in [0.1, 0.15) is 6.26 Å². The van der Waals surface area contributed by atoms with Crippen molar-refractivity contribution in [3.63, 3.8) is 0 Å². The van der Waals surface area contributed by atoms with Crippen LogP contribution in [0.4, 0.5) is 0 Å². The molecule has 0 spiro atoms. The summed E-state index contributed by atoms with van der Waals surface area (Å²) in [5.74, 6) is 0. The van der Waals surface area contributed by atoms with Gasteiger partial charge in [0.05, 0.1) is 0 Å². The lowest BCUT2D eigenvalue weighted by Crippen LogP contribution is -1.91. The highest BCUT2D eigenvalue weighted by Crippen LogP contribution is 2.22. The minimum absolute atomic E-state index is 0.903. The molecule has 0 atom stereocenters. The molecule has 0 aromatic carbocycles. The number of allylic oxidation sites excluding steroid dienone is 4. The normalized spacial score (nSPS) is 18.6. The van der Waals surface area contributed by atoms with Crippen LogP contribution in [0, 0.1) is 0 Å². The molecule has 60 valence electrons. The molecule has 0 fully saturated rings. The fourth-order valence-corrected chi connectivity index (χ4v) is 1.16. The Kier molecular flexibility index (Phi) is 2.93. The Balaban J connectivity index is 2.51. The highest BCUT2D eigenvalue weighted by molar-refractivity contribution is 5.26. The number of hydrogen-bond donors (Lipinski definition) is 1. The van der Waals surface area contributed by atoms with Gasteiger partial charge in [-0.05, 0) is 30.9 Å². The molecule has 11 heavy (non-hydrogen) atoms. The molecule has 1 rings (SSSR count). The van der Waals surface area contributed by atoms with Gasteiger partial charge in [0.2, 0.25) is 0 Å². The van der Waals surface area contributed by atoms with E-state index in [2.05, 4.69) is 17.5 Å². The van der Waals surface area contributed by atoms with Gasteiger partial charge < -0.3 is 4.89 Å². The molecular weight excluding hydrogens is 140 g/mol. The summed E-state index contributed by atoms with van der Waals surface area (Å²) in [4.78, 5) is 3.83. The predicted molar refractivity (Wildman–Crippen MR) is 43.9 cm³/mol. The summed E-state index contributed by atoms with van der Waals surface area (Å²) in [6.07, 6.45) is 8.18. The lowest BCUT2D eigenvalue weighted by atomic mass is 9.96. The van der Waals surface area contributed by atoms with Crippen molar-refractivity contribution in [2.45, 2.75) is 19.3 Å². The highest BCUT2D eigenvalue weighted by atomic mass is 17.1. The molecule has 0 saturated carbocycles. The van der Waals surface area contributed by atoms with Gasteiger partial charge in [-0.25, -0.2) is 5.26 Å². The molecular formula is C9H12O2. The largest absolute Gasteiger partial charge is 0.348 e. The first-order valence-corrected chi connectivity index (χ1v) is 3.65. The average Bonchev–Trinajstić information content (AvgIpc) is 2.01. The Morgan fingerprint density at radius 3 is 3.09 bits per heavy atom. The van der Waals surface area contributed by atoms with Crippen molar-refractivity contribution in [1.29, 1.82) is 0 Å². The van der Waals surface area contributed by atoms with Crippen LogP contribution in [0.25, 0.3) is 0 Å². The second-order valence-corrected chi connectivity index (χ2v) is 2.65. The lowest BCUT2D eigenvalue weighted by molar-refractivity contribution is -0.186. The van der Waals surface area contributed by atoms with Crippen molar-refractivity contribution >= 4 is 0 Å². The summed E-state index contributed by atoms with van der Waals surface area (Å²) in [6, 6.07) is 0. The molecule has 0 unspecified atom stereocenters. The fraction of sp³-hybridized carbons (Fsp3) is 0.333. The molecule has 1 N–H and O–H groups in total. The first-order chi connectivity index (χ1) is 5.33. The van der Waals surface area contributed by atoms with Crippen molar-refractivity contribution < 1.29 is 10.1 Å². The van der Waals surface area contributed by atoms with Crippen LogP contribution in [0.3, 0.4) is 0 Å². The first-order valence-electron chi connectivity index (χ1n) is 3.65. The summed E-state index contributed by atoms with van der Waals surface area (Å²) in [5, 5.41) is 8.03. The Morgan fingerprint density at radius 1 is 1.64 bits per heavy atom. The third-order valence-corrected chi connectivity index (χ3v) is 1.70. The van der Waals surface area contributed by atoms with Gasteiger partial charge in [0.15, 0.2) is 0 Å². The molecule has 0 aliphatic heterocycles. The molecule has 0 saturated heterocycles. The van der Waals surface area contributed by atoms with Crippen molar-refractivity contribution in [2.24, 2.45) is 0 Å². The zero-order chi connectivity index (χ0) is 8.10. The third-order valence-electron chi connectivity index (χ3n) is 1.70. The molecule has 1 aliphatic carbocycles.